The average molecular weight is 278 g/mol. The molecule has 6 heteroatoms. The van der Waals surface area contributed by atoms with Crippen LogP contribution >= 0.6 is 11.3 Å². The number of fused-ring (bicyclic) bond motifs is 1. The van der Waals surface area contributed by atoms with Crippen molar-refractivity contribution in [1.82, 2.24) is 9.97 Å². The molecule has 5 nitrogen and oxygen atoms in total. The lowest BCUT2D eigenvalue weighted by Gasteiger charge is -2.32. The molecule has 19 heavy (non-hydrogen) atoms. The molecule has 0 spiro atoms. The predicted octanol–water partition coefficient (Wildman–Crippen LogP) is 2.38. The van der Waals surface area contributed by atoms with Crippen molar-refractivity contribution < 1.29 is 5.11 Å². The zero-order valence-electron chi connectivity index (χ0n) is 10.7. The summed E-state index contributed by atoms with van der Waals surface area (Å²) in [5, 5.41) is 16.7. The molecule has 0 saturated heterocycles. The molecule has 2 aromatic rings. The van der Waals surface area contributed by atoms with E-state index >= 15 is 0 Å². The van der Waals surface area contributed by atoms with Crippen molar-refractivity contribution in [2.45, 2.75) is 37.7 Å². The van der Waals surface area contributed by atoms with Gasteiger partial charge in [0.25, 0.3) is 0 Å². The van der Waals surface area contributed by atoms with E-state index in [-0.39, 0.29) is 5.95 Å². The van der Waals surface area contributed by atoms with Gasteiger partial charge >= 0.3 is 0 Å². The van der Waals surface area contributed by atoms with Crippen molar-refractivity contribution >= 4 is 33.3 Å². The van der Waals surface area contributed by atoms with E-state index in [1.165, 1.54) is 6.42 Å². The van der Waals surface area contributed by atoms with Crippen LogP contribution in [0.4, 0.5) is 11.8 Å². The third-order valence-electron chi connectivity index (χ3n) is 3.71. The average Bonchev–Trinajstić information content (AvgIpc) is 2.85. The van der Waals surface area contributed by atoms with E-state index in [0.29, 0.717) is 6.54 Å². The summed E-state index contributed by atoms with van der Waals surface area (Å²) in [4.78, 5) is 9.31. The quantitative estimate of drug-likeness (QED) is 0.802. The Labute approximate surface area is 115 Å². The summed E-state index contributed by atoms with van der Waals surface area (Å²) < 4.78 is 0. The molecule has 0 radical (unpaired) electrons. The van der Waals surface area contributed by atoms with E-state index in [1.807, 2.05) is 11.4 Å². The highest BCUT2D eigenvalue weighted by molar-refractivity contribution is 7.16. The summed E-state index contributed by atoms with van der Waals surface area (Å²) in [5.41, 5.74) is 5.10. The van der Waals surface area contributed by atoms with Gasteiger partial charge in [-0.3, -0.25) is 0 Å². The maximum atomic E-state index is 10.5. The number of nitrogens with zero attached hydrogens (tertiary/aromatic N) is 2. The highest BCUT2D eigenvalue weighted by atomic mass is 32.1. The Morgan fingerprint density at radius 3 is 2.89 bits per heavy atom. The molecule has 1 aliphatic rings. The smallest absolute Gasteiger partial charge is 0.223 e. The fourth-order valence-corrected chi connectivity index (χ4v) is 3.41. The predicted molar refractivity (Wildman–Crippen MR) is 78.4 cm³/mol. The molecule has 0 bridgehead atoms. The first-order valence-corrected chi connectivity index (χ1v) is 7.51. The number of rotatable bonds is 3. The number of aromatic nitrogens is 2. The van der Waals surface area contributed by atoms with E-state index in [9.17, 15) is 5.11 Å². The van der Waals surface area contributed by atoms with Crippen LogP contribution in [-0.2, 0) is 0 Å². The lowest BCUT2D eigenvalue weighted by Crippen LogP contribution is -2.39. The third-order valence-corrected chi connectivity index (χ3v) is 4.52. The Hall–Kier alpha value is -1.40. The summed E-state index contributed by atoms with van der Waals surface area (Å²) in [6, 6.07) is 1.98. The van der Waals surface area contributed by atoms with Crippen LogP contribution in [0.15, 0.2) is 11.4 Å². The Balaban J connectivity index is 1.79. The lowest BCUT2D eigenvalue weighted by atomic mass is 9.85. The highest BCUT2D eigenvalue weighted by Crippen LogP contribution is 2.30. The van der Waals surface area contributed by atoms with Gasteiger partial charge in [-0.1, -0.05) is 19.3 Å². The Morgan fingerprint density at radius 1 is 1.32 bits per heavy atom. The molecule has 0 aromatic carbocycles. The summed E-state index contributed by atoms with van der Waals surface area (Å²) in [7, 11) is 0. The number of hydrogen-bond donors (Lipinski definition) is 3. The first-order valence-electron chi connectivity index (χ1n) is 6.63. The van der Waals surface area contributed by atoms with Crippen LogP contribution in [0.1, 0.15) is 32.1 Å². The molecule has 4 N–H and O–H groups in total. The van der Waals surface area contributed by atoms with Gasteiger partial charge in [-0.2, -0.15) is 4.98 Å². The molecule has 0 unspecified atom stereocenters. The van der Waals surface area contributed by atoms with Gasteiger partial charge < -0.3 is 16.2 Å². The maximum absolute atomic E-state index is 10.5. The van der Waals surface area contributed by atoms with Gasteiger partial charge in [-0.15, -0.1) is 11.3 Å². The molecular weight excluding hydrogens is 260 g/mol. The second-order valence-electron chi connectivity index (χ2n) is 5.21. The van der Waals surface area contributed by atoms with Crippen LogP contribution in [0.3, 0.4) is 0 Å². The van der Waals surface area contributed by atoms with Crippen molar-refractivity contribution in [3.8, 4) is 0 Å². The molecule has 102 valence electrons. The molecule has 2 heterocycles. The maximum Gasteiger partial charge on any atom is 0.223 e. The van der Waals surface area contributed by atoms with Crippen molar-refractivity contribution in [2.75, 3.05) is 17.6 Å². The standard InChI is InChI=1S/C13H18N4OS/c14-12-16-10(9-4-7-19-11(9)17-12)15-8-13(18)5-2-1-3-6-13/h4,7,18H,1-3,5-6,8H2,(H3,14,15,16,17). The van der Waals surface area contributed by atoms with Gasteiger partial charge in [0.15, 0.2) is 0 Å². The fraction of sp³-hybridized carbons (Fsp3) is 0.538. The molecule has 1 fully saturated rings. The number of aliphatic hydroxyl groups is 1. The second kappa shape index (κ2) is 4.94. The van der Waals surface area contributed by atoms with E-state index in [2.05, 4.69) is 15.3 Å². The summed E-state index contributed by atoms with van der Waals surface area (Å²) >= 11 is 1.54. The Kier molecular flexibility index (Phi) is 3.28. The Bertz CT molecular complexity index is 577. The minimum Gasteiger partial charge on any atom is -0.388 e. The first kappa shape index (κ1) is 12.6. The Morgan fingerprint density at radius 2 is 2.11 bits per heavy atom. The van der Waals surface area contributed by atoms with E-state index < -0.39 is 5.60 Å². The molecule has 0 atom stereocenters. The molecule has 2 aromatic heterocycles. The summed E-state index contributed by atoms with van der Waals surface area (Å²) in [6.45, 7) is 0.522. The van der Waals surface area contributed by atoms with Crippen LogP contribution in [0.2, 0.25) is 0 Å². The van der Waals surface area contributed by atoms with Gasteiger partial charge in [0.2, 0.25) is 5.95 Å². The van der Waals surface area contributed by atoms with Crippen molar-refractivity contribution in [3.63, 3.8) is 0 Å². The van der Waals surface area contributed by atoms with Gasteiger partial charge in [-0.25, -0.2) is 4.98 Å². The zero-order valence-corrected chi connectivity index (χ0v) is 11.5. The number of nitrogens with two attached hydrogens (primary N) is 1. The molecule has 3 rings (SSSR count). The number of nitrogen functional groups attached to an aromatic ring is 1. The van der Waals surface area contributed by atoms with Crippen molar-refractivity contribution in [1.29, 1.82) is 0 Å². The van der Waals surface area contributed by atoms with Gasteiger partial charge in [-0.05, 0) is 24.3 Å². The topological polar surface area (TPSA) is 84.1 Å². The molecule has 0 amide bonds. The van der Waals surface area contributed by atoms with Gasteiger partial charge in [0.05, 0.1) is 11.0 Å². The van der Waals surface area contributed by atoms with Crippen LogP contribution in [0, 0.1) is 0 Å². The zero-order chi connectivity index (χ0) is 13.3. The number of nitrogens with one attached hydrogen (secondary N) is 1. The van der Waals surface area contributed by atoms with Gasteiger partial charge in [0, 0.05) is 6.54 Å². The van der Waals surface area contributed by atoms with Crippen LogP contribution in [0.5, 0.6) is 0 Å². The van der Waals surface area contributed by atoms with Crippen molar-refractivity contribution in [2.24, 2.45) is 0 Å². The fourth-order valence-electron chi connectivity index (χ4n) is 2.64. The molecular formula is C13H18N4OS. The van der Waals surface area contributed by atoms with Gasteiger partial charge in [0.1, 0.15) is 10.6 Å². The number of thiophene rings is 1. The minimum atomic E-state index is -0.611. The van der Waals surface area contributed by atoms with E-state index in [0.717, 1.165) is 41.7 Å². The normalized spacial score (nSPS) is 18.6. The monoisotopic (exact) mass is 278 g/mol. The minimum absolute atomic E-state index is 0.271. The summed E-state index contributed by atoms with van der Waals surface area (Å²) in [6.07, 6.45) is 5.12. The van der Waals surface area contributed by atoms with Crippen molar-refractivity contribution in [3.05, 3.63) is 11.4 Å². The first-order chi connectivity index (χ1) is 9.16. The molecule has 0 aliphatic heterocycles. The SMILES string of the molecule is Nc1nc(NCC2(O)CCCCC2)c2ccsc2n1. The lowest BCUT2D eigenvalue weighted by molar-refractivity contribution is 0.0167. The van der Waals surface area contributed by atoms with Crippen LogP contribution < -0.4 is 11.1 Å². The summed E-state index contributed by atoms with van der Waals surface area (Å²) in [5.74, 6) is 0.996. The molecule has 1 saturated carbocycles. The third kappa shape index (κ3) is 2.64. The number of hydrogen-bond acceptors (Lipinski definition) is 6. The van der Waals surface area contributed by atoms with E-state index in [1.54, 1.807) is 11.3 Å². The van der Waals surface area contributed by atoms with Crippen LogP contribution in [0.25, 0.3) is 10.2 Å². The van der Waals surface area contributed by atoms with Crippen LogP contribution in [-0.4, -0.2) is 27.2 Å². The second-order valence-corrected chi connectivity index (χ2v) is 6.10. The largest absolute Gasteiger partial charge is 0.388 e. The van der Waals surface area contributed by atoms with E-state index in [4.69, 9.17) is 5.73 Å². The highest BCUT2D eigenvalue weighted by Gasteiger charge is 2.29. The number of anilines is 2. The molecule has 1 aliphatic carbocycles.